The number of rotatable bonds is 18. The Morgan fingerprint density at radius 1 is 0.562 bits per heavy atom. The van der Waals surface area contributed by atoms with Gasteiger partial charge in [0.2, 0.25) is 0 Å². The Balaban J connectivity index is 1.53. The molecule has 0 aliphatic carbocycles. The lowest BCUT2D eigenvalue weighted by molar-refractivity contribution is 0.572. The number of fused-ring (bicyclic) bond motifs is 3. The Hall–Kier alpha value is 0.100. The quantitative estimate of drug-likeness (QED) is 0.137. The first kappa shape index (κ1) is 26.7. The van der Waals surface area contributed by atoms with Crippen molar-refractivity contribution < 1.29 is 0 Å². The van der Waals surface area contributed by atoms with Crippen LogP contribution in [0.2, 0.25) is 0 Å². The molecular weight excluding hydrogens is 512 g/mol. The first-order chi connectivity index (χ1) is 15.7. The molecule has 0 aromatic carbocycles. The maximum Gasteiger partial charge on any atom is 0.0719 e. The normalized spacial score (nSPS) is 12.0. The summed E-state index contributed by atoms with van der Waals surface area (Å²) in [6.07, 6.45) is 25.2. The van der Waals surface area contributed by atoms with Crippen molar-refractivity contribution in [2.75, 3.05) is 0 Å². The summed E-state index contributed by atoms with van der Waals surface area (Å²) in [6, 6.07) is 2.33. The molecule has 0 fully saturated rings. The van der Waals surface area contributed by atoms with E-state index in [1.54, 1.807) is 19.8 Å². The summed E-state index contributed by atoms with van der Waals surface area (Å²) in [5.41, 5.74) is 1.73. The number of hydrogen-bond acceptors (Lipinski definition) is 3. The number of hydrogen-bond donors (Lipinski definition) is 0. The van der Waals surface area contributed by atoms with Gasteiger partial charge in [0.05, 0.1) is 17.9 Å². The number of halogens is 1. The van der Waals surface area contributed by atoms with Gasteiger partial charge in [0, 0.05) is 9.58 Å². The summed E-state index contributed by atoms with van der Waals surface area (Å²) in [5, 5.41) is 0. The number of aryl methyl sites for hydroxylation is 2. The second-order valence-corrected chi connectivity index (χ2v) is 14.0. The van der Waals surface area contributed by atoms with Gasteiger partial charge in [-0.1, -0.05) is 104 Å². The second kappa shape index (κ2) is 15.2. The zero-order chi connectivity index (χ0) is 22.6. The van der Waals surface area contributed by atoms with E-state index in [9.17, 15) is 0 Å². The molecule has 0 N–H and O–H groups in total. The van der Waals surface area contributed by atoms with E-state index in [2.05, 4.69) is 58.5 Å². The molecule has 3 aromatic rings. The summed E-state index contributed by atoms with van der Waals surface area (Å²) in [5.74, 6) is 0. The monoisotopic (exact) mass is 554 g/mol. The molecule has 4 heteroatoms. The molecule has 0 bridgehead atoms. The van der Waals surface area contributed by atoms with Crippen LogP contribution in [0, 0.1) is 0 Å². The first-order valence-electron chi connectivity index (χ1n) is 13.4. The standard InChI is InChI=1S/C28H43BrS3/c1-3-5-7-9-11-13-15-17-19-22-23(20-18-16-14-12-10-8-6-4-2)30-28-26(22)31-24-21-25(29)32-27(24)28/h21H,3-20H2,1-2H3. The van der Waals surface area contributed by atoms with Crippen molar-refractivity contribution in [3.05, 3.63) is 20.3 Å². The van der Waals surface area contributed by atoms with Gasteiger partial charge in [-0.25, -0.2) is 0 Å². The molecule has 3 heterocycles. The zero-order valence-electron chi connectivity index (χ0n) is 20.4. The largest absolute Gasteiger partial charge is 0.138 e. The zero-order valence-corrected chi connectivity index (χ0v) is 24.4. The Morgan fingerprint density at radius 2 is 1.09 bits per heavy atom. The van der Waals surface area contributed by atoms with Crippen LogP contribution in [0.1, 0.15) is 127 Å². The highest BCUT2D eigenvalue weighted by molar-refractivity contribution is 9.11. The van der Waals surface area contributed by atoms with Crippen LogP contribution in [0.3, 0.4) is 0 Å². The molecule has 3 aromatic heterocycles. The van der Waals surface area contributed by atoms with Gasteiger partial charge in [-0.15, -0.1) is 34.0 Å². The maximum atomic E-state index is 3.71. The number of thiophene rings is 3. The minimum atomic E-state index is 1.28. The van der Waals surface area contributed by atoms with E-state index in [4.69, 9.17) is 0 Å². The molecule has 0 saturated carbocycles. The van der Waals surface area contributed by atoms with Gasteiger partial charge in [-0.05, 0) is 53.2 Å². The van der Waals surface area contributed by atoms with Crippen molar-refractivity contribution in [2.45, 2.75) is 129 Å². The van der Waals surface area contributed by atoms with Crippen LogP contribution in [-0.2, 0) is 12.8 Å². The summed E-state index contributed by atoms with van der Waals surface area (Å²) in [7, 11) is 0. The highest BCUT2D eigenvalue weighted by Crippen LogP contribution is 2.48. The molecule has 32 heavy (non-hydrogen) atoms. The first-order valence-corrected chi connectivity index (χ1v) is 16.6. The predicted octanol–water partition coefficient (Wildman–Crippen LogP) is 12.3. The molecule has 3 rings (SSSR count). The van der Waals surface area contributed by atoms with Gasteiger partial charge >= 0.3 is 0 Å². The van der Waals surface area contributed by atoms with Crippen LogP contribution in [0.4, 0.5) is 0 Å². The summed E-state index contributed by atoms with van der Waals surface area (Å²) in [6.45, 7) is 4.61. The van der Waals surface area contributed by atoms with Crippen LogP contribution in [0.5, 0.6) is 0 Å². The molecule has 0 aliphatic rings. The molecule has 0 nitrogen and oxygen atoms in total. The molecule has 0 amide bonds. The van der Waals surface area contributed by atoms with Crippen LogP contribution in [-0.4, -0.2) is 0 Å². The molecule has 0 aliphatic heterocycles. The lowest BCUT2D eigenvalue weighted by Gasteiger charge is -2.06. The van der Waals surface area contributed by atoms with Crippen molar-refractivity contribution in [1.82, 2.24) is 0 Å². The van der Waals surface area contributed by atoms with E-state index in [1.165, 1.54) is 129 Å². The van der Waals surface area contributed by atoms with Crippen LogP contribution < -0.4 is 0 Å². The Kier molecular flexibility index (Phi) is 12.7. The van der Waals surface area contributed by atoms with E-state index >= 15 is 0 Å². The highest BCUT2D eigenvalue weighted by atomic mass is 79.9. The molecule has 0 atom stereocenters. The van der Waals surface area contributed by atoms with Crippen molar-refractivity contribution in [2.24, 2.45) is 0 Å². The third kappa shape index (κ3) is 8.10. The van der Waals surface area contributed by atoms with Crippen LogP contribution in [0.15, 0.2) is 9.85 Å². The molecule has 0 radical (unpaired) electrons. The molecule has 0 spiro atoms. The topological polar surface area (TPSA) is 0 Å². The lowest BCUT2D eigenvalue weighted by Crippen LogP contribution is -1.91. The van der Waals surface area contributed by atoms with E-state index in [0.717, 1.165) is 0 Å². The summed E-state index contributed by atoms with van der Waals surface area (Å²) >= 11 is 9.82. The van der Waals surface area contributed by atoms with Gasteiger partial charge in [-0.3, -0.25) is 0 Å². The van der Waals surface area contributed by atoms with E-state index in [0.29, 0.717) is 0 Å². The maximum absolute atomic E-state index is 3.71. The minimum Gasteiger partial charge on any atom is -0.138 e. The minimum absolute atomic E-state index is 1.28. The molecular formula is C28H43BrS3. The van der Waals surface area contributed by atoms with Gasteiger partial charge in [0.25, 0.3) is 0 Å². The van der Waals surface area contributed by atoms with Crippen molar-refractivity contribution >= 4 is 68.7 Å². The third-order valence-electron chi connectivity index (χ3n) is 6.67. The molecule has 180 valence electrons. The van der Waals surface area contributed by atoms with Crippen LogP contribution >= 0.6 is 49.9 Å². The summed E-state index contributed by atoms with van der Waals surface area (Å²) < 4.78 is 7.51. The Labute approximate surface area is 217 Å². The van der Waals surface area contributed by atoms with E-state index in [1.807, 2.05) is 11.3 Å². The Bertz CT molecular complexity index is 901. The fraction of sp³-hybridized carbons (Fsp3) is 0.714. The Morgan fingerprint density at radius 3 is 1.69 bits per heavy atom. The predicted molar refractivity (Wildman–Crippen MR) is 155 cm³/mol. The SMILES string of the molecule is CCCCCCCCCCc1sc2c(sc3cc(Br)sc32)c1CCCCCCCCCC. The summed E-state index contributed by atoms with van der Waals surface area (Å²) in [4.78, 5) is 1.71. The number of unbranched alkanes of at least 4 members (excludes halogenated alkanes) is 14. The third-order valence-corrected chi connectivity index (χ3v) is 11.2. The van der Waals surface area contributed by atoms with Gasteiger partial charge in [0.1, 0.15) is 0 Å². The average Bonchev–Trinajstić information content (AvgIpc) is 3.41. The van der Waals surface area contributed by atoms with Gasteiger partial charge < -0.3 is 0 Å². The average molecular weight is 556 g/mol. The molecule has 0 saturated heterocycles. The van der Waals surface area contributed by atoms with Crippen molar-refractivity contribution in [3.63, 3.8) is 0 Å². The second-order valence-electron chi connectivity index (χ2n) is 9.46. The fourth-order valence-electron chi connectivity index (χ4n) is 4.75. The molecule has 0 unspecified atom stereocenters. The highest BCUT2D eigenvalue weighted by Gasteiger charge is 2.18. The lowest BCUT2D eigenvalue weighted by atomic mass is 10.0. The van der Waals surface area contributed by atoms with Gasteiger partial charge in [0.15, 0.2) is 0 Å². The smallest absolute Gasteiger partial charge is 0.0719 e. The fourth-order valence-corrected chi connectivity index (χ4v) is 9.74. The van der Waals surface area contributed by atoms with Crippen molar-refractivity contribution in [3.8, 4) is 0 Å². The van der Waals surface area contributed by atoms with E-state index in [-0.39, 0.29) is 0 Å². The van der Waals surface area contributed by atoms with Crippen LogP contribution in [0.25, 0.3) is 18.8 Å². The van der Waals surface area contributed by atoms with Crippen molar-refractivity contribution in [1.29, 1.82) is 0 Å². The van der Waals surface area contributed by atoms with Gasteiger partial charge in [-0.2, -0.15) is 0 Å². The van der Waals surface area contributed by atoms with E-state index < -0.39 is 0 Å².